The largest absolute Gasteiger partial charge is 0.598 e. The zero-order valence-corrected chi connectivity index (χ0v) is 18.8. The fourth-order valence-corrected chi connectivity index (χ4v) is 4.77. The van der Waals surface area contributed by atoms with Crippen molar-refractivity contribution in [2.75, 3.05) is 14.2 Å². The molecular weight excluding hydrogens is 437 g/mol. The average Bonchev–Trinajstić information content (AvgIpc) is 3.10. The molecule has 1 saturated carbocycles. The summed E-state index contributed by atoms with van der Waals surface area (Å²) in [6.07, 6.45) is 2.83. The summed E-state index contributed by atoms with van der Waals surface area (Å²) in [6.45, 7) is 5.52. The molecule has 1 aromatic carbocycles. The van der Waals surface area contributed by atoms with Crippen molar-refractivity contribution < 1.29 is 23.2 Å². The molecule has 2 atom stereocenters. The highest BCUT2D eigenvalue weighted by atomic mass is 79.9. The summed E-state index contributed by atoms with van der Waals surface area (Å²) in [5.41, 5.74) is -0.466. The van der Waals surface area contributed by atoms with Crippen LogP contribution in [-0.4, -0.2) is 29.5 Å². The molecule has 0 bridgehead atoms. The van der Waals surface area contributed by atoms with E-state index in [1.54, 1.807) is 0 Å². The Balaban J connectivity index is 2.63. The van der Waals surface area contributed by atoms with Crippen molar-refractivity contribution in [1.29, 1.82) is 0 Å². The van der Waals surface area contributed by atoms with Gasteiger partial charge in [0.1, 0.15) is 16.3 Å². The van der Waals surface area contributed by atoms with Gasteiger partial charge in [-0.25, -0.2) is 4.39 Å². The topological polar surface area (TPSA) is 70.6 Å². The van der Waals surface area contributed by atoms with Gasteiger partial charge in [-0.05, 0) is 61.7 Å². The molecule has 0 spiro atoms. The quantitative estimate of drug-likeness (QED) is 0.499. The molecule has 152 valence electrons. The van der Waals surface area contributed by atoms with Crippen LogP contribution in [0.15, 0.2) is 16.6 Å². The highest BCUT2D eigenvalue weighted by Crippen LogP contribution is 2.51. The number of carbonyl (C=O) groups excluding carboxylic acids is 1. The molecule has 2 rings (SSSR count). The Bertz CT molecular complexity index is 689. The minimum absolute atomic E-state index is 0.261. The Morgan fingerprint density at radius 3 is 2.41 bits per heavy atom. The molecule has 0 amide bonds. The summed E-state index contributed by atoms with van der Waals surface area (Å²) in [5, 5.41) is 0. The number of halogens is 2. The van der Waals surface area contributed by atoms with E-state index in [2.05, 4.69) is 20.7 Å². The molecule has 8 heteroatoms. The summed E-state index contributed by atoms with van der Waals surface area (Å²) in [7, 11) is 2.83. The molecule has 1 fully saturated rings. The van der Waals surface area contributed by atoms with Crippen LogP contribution in [0.5, 0.6) is 5.75 Å². The summed E-state index contributed by atoms with van der Waals surface area (Å²) >= 11 is 1.69. The Morgan fingerprint density at radius 2 is 1.93 bits per heavy atom. The number of methoxy groups -OCH3 is 2. The van der Waals surface area contributed by atoms with Crippen molar-refractivity contribution >= 4 is 33.3 Å². The van der Waals surface area contributed by atoms with E-state index < -0.39 is 33.4 Å². The van der Waals surface area contributed by atoms with Gasteiger partial charge in [0.15, 0.2) is 0 Å². The Hall–Kier alpha value is -0.830. The third-order valence-electron chi connectivity index (χ3n) is 5.00. The predicted octanol–water partition coefficient (Wildman–Crippen LogP) is 4.42. The third-order valence-corrected chi connectivity index (χ3v) is 7.17. The fourth-order valence-electron chi connectivity index (χ4n) is 3.52. The number of hydrogen-bond acceptors (Lipinski definition) is 5. The summed E-state index contributed by atoms with van der Waals surface area (Å²) in [6, 6.07) is 2.16. The molecule has 1 aromatic rings. The van der Waals surface area contributed by atoms with E-state index >= 15 is 0 Å². The highest BCUT2D eigenvalue weighted by molar-refractivity contribution is 9.10. The van der Waals surface area contributed by atoms with Crippen LogP contribution in [0.1, 0.15) is 58.1 Å². The lowest BCUT2D eigenvalue weighted by molar-refractivity contribution is -0.154. The Kier molecular flexibility index (Phi) is 7.22. The van der Waals surface area contributed by atoms with Gasteiger partial charge in [0, 0.05) is 16.9 Å². The molecule has 0 radical (unpaired) electrons. The van der Waals surface area contributed by atoms with Gasteiger partial charge in [-0.3, -0.25) is 4.79 Å². The number of ether oxygens (including phenoxy) is 2. The number of benzene rings is 1. The van der Waals surface area contributed by atoms with E-state index in [1.165, 1.54) is 26.4 Å². The minimum Gasteiger partial charge on any atom is -0.598 e. The number of rotatable bonds is 6. The van der Waals surface area contributed by atoms with Crippen molar-refractivity contribution in [3.05, 3.63) is 28.0 Å². The van der Waals surface area contributed by atoms with Gasteiger partial charge < -0.3 is 14.0 Å². The number of esters is 1. The first-order valence-electron chi connectivity index (χ1n) is 8.86. The molecular formula is C19H27BrFNO4S. The summed E-state index contributed by atoms with van der Waals surface area (Å²) < 4.78 is 40.7. The van der Waals surface area contributed by atoms with E-state index in [4.69, 9.17) is 9.47 Å². The molecule has 0 aliphatic heterocycles. The molecule has 0 aromatic heterocycles. The molecule has 1 N–H and O–H groups in total. The van der Waals surface area contributed by atoms with E-state index in [9.17, 15) is 13.7 Å². The van der Waals surface area contributed by atoms with Crippen LogP contribution in [-0.2, 0) is 20.9 Å². The molecule has 0 saturated heterocycles. The number of carbonyl (C=O) groups is 1. The molecule has 0 heterocycles. The van der Waals surface area contributed by atoms with Gasteiger partial charge in [-0.2, -0.15) is 0 Å². The lowest BCUT2D eigenvalue weighted by atomic mass is 9.75. The maximum atomic E-state index is 14.4. The lowest BCUT2D eigenvalue weighted by Gasteiger charge is -2.38. The van der Waals surface area contributed by atoms with Gasteiger partial charge >= 0.3 is 5.97 Å². The van der Waals surface area contributed by atoms with E-state index in [0.29, 0.717) is 24.2 Å². The predicted molar refractivity (Wildman–Crippen MR) is 107 cm³/mol. The van der Waals surface area contributed by atoms with Crippen LogP contribution >= 0.6 is 15.9 Å². The second-order valence-corrected chi connectivity index (χ2v) is 10.6. The average molecular weight is 464 g/mol. The third kappa shape index (κ3) is 4.60. The second kappa shape index (κ2) is 8.68. The van der Waals surface area contributed by atoms with Crippen molar-refractivity contribution in [2.24, 2.45) is 5.41 Å². The molecule has 1 aliphatic carbocycles. The molecule has 1 aliphatic rings. The van der Waals surface area contributed by atoms with Crippen LogP contribution in [0, 0.1) is 11.2 Å². The zero-order chi connectivity index (χ0) is 20.4. The second-order valence-electron chi connectivity index (χ2n) is 7.80. The van der Waals surface area contributed by atoms with E-state index in [1.807, 2.05) is 20.8 Å². The molecule has 1 unspecified atom stereocenters. The first-order valence-corrected chi connectivity index (χ1v) is 10.8. The number of hydrogen-bond donors (Lipinski definition) is 1. The van der Waals surface area contributed by atoms with Crippen molar-refractivity contribution in [1.82, 2.24) is 4.72 Å². The van der Waals surface area contributed by atoms with Gasteiger partial charge in [0.05, 0.1) is 30.1 Å². The SMILES string of the molecule is COC(=O)C1([C@@H](N[S+]([O-])C(C)(C)C)c2cc(F)c(Br)cc2OC)CCCC1. The lowest BCUT2D eigenvalue weighted by Crippen LogP contribution is -2.49. The first-order chi connectivity index (χ1) is 12.6. The van der Waals surface area contributed by atoms with Crippen molar-refractivity contribution in [3.63, 3.8) is 0 Å². The Morgan fingerprint density at radius 1 is 1.33 bits per heavy atom. The van der Waals surface area contributed by atoms with Gasteiger partial charge in [0.2, 0.25) is 0 Å². The maximum Gasteiger partial charge on any atom is 0.313 e. The van der Waals surface area contributed by atoms with Gasteiger partial charge in [0.25, 0.3) is 0 Å². The highest BCUT2D eigenvalue weighted by Gasteiger charge is 2.52. The molecule has 27 heavy (non-hydrogen) atoms. The standard InChI is InChI=1S/C19H27BrFNO4S/c1-18(2,3)27(24)22-16(19(17(23)26-5)8-6-7-9-19)12-10-14(21)13(20)11-15(12)25-4/h10-11,16,22H,6-9H2,1-5H3/t16-,27?/m0/s1. The van der Waals surface area contributed by atoms with Crippen LogP contribution < -0.4 is 9.46 Å². The fraction of sp³-hybridized carbons (Fsp3) is 0.632. The van der Waals surface area contributed by atoms with Crippen LogP contribution in [0.3, 0.4) is 0 Å². The van der Waals surface area contributed by atoms with E-state index in [-0.39, 0.29) is 10.4 Å². The maximum absolute atomic E-state index is 14.4. The normalized spacial score (nSPS) is 18.8. The smallest absolute Gasteiger partial charge is 0.313 e. The summed E-state index contributed by atoms with van der Waals surface area (Å²) in [4.78, 5) is 12.8. The van der Waals surface area contributed by atoms with Crippen molar-refractivity contribution in [3.8, 4) is 5.75 Å². The zero-order valence-electron chi connectivity index (χ0n) is 16.4. The van der Waals surface area contributed by atoms with Gasteiger partial charge in [-0.15, -0.1) is 4.72 Å². The van der Waals surface area contributed by atoms with Crippen molar-refractivity contribution in [2.45, 2.75) is 57.2 Å². The van der Waals surface area contributed by atoms with E-state index in [0.717, 1.165) is 12.8 Å². The monoisotopic (exact) mass is 463 g/mol. The van der Waals surface area contributed by atoms with Gasteiger partial charge in [-0.1, -0.05) is 12.8 Å². The van der Waals surface area contributed by atoms with Crippen LogP contribution in [0.4, 0.5) is 4.39 Å². The molecule has 5 nitrogen and oxygen atoms in total. The van der Waals surface area contributed by atoms with Crippen LogP contribution in [0.25, 0.3) is 0 Å². The Labute approximate surface area is 171 Å². The summed E-state index contributed by atoms with van der Waals surface area (Å²) in [5.74, 6) is -0.437. The first kappa shape index (κ1) is 22.5. The van der Waals surface area contributed by atoms with Crippen LogP contribution in [0.2, 0.25) is 0 Å². The minimum atomic E-state index is -1.48. The number of nitrogens with one attached hydrogen (secondary N) is 1.